The van der Waals surface area contributed by atoms with Gasteiger partial charge in [-0.3, -0.25) is 24.6 Å². The Kier molecular flexibility index (Phi) is 5.89. The molecule has 0 spiro atoms. The molecule has 0 unspecified atom stereocenters. The number of imide groups is 1. The zero-order valence-corrected chi connectivity index (χ0v) is 12.4. The molecule has 2 amide bonds. The van der Waals surface area contributed by atoms with Gasteiger partial charge >= 0.3 is 0 Å². The summed E-state index contributed by atoms with van der Waals surface area (Å²) in [6, 6.07) is 5.73. The number of benzene rings is 1. The Balaban J connectivity index is 0.00000220. The summed E-state index contributed by atoms with van der Waals surface area (Å²) in [5.74, 6) is -0.385. The minimum absolute atomic E-state index is 0. The van der Waals surface area contributed by atoms with Gasteiger partial charge < -0.3 is 5.73 Å². The summed E-state index contributed by atoms with van der Waals surface area (Å²) in [6.07, 6.45) is 1.53. The summed E-state index contributed by atoms with van der Waals surface area (Å²) in [5.41, 5.74) is 5.93. The lowest BCUT2D eigenvalue weighted by molar-refractivity contribution is -0.384. The lowest BCUT2D eigenvalue weighted by Gasteiger charge is -2.09. The van der Waals surface area contributed by atoms with Crippen LogP contribution in [-0.2, 0) is 4.79 Å². The zero-order chi connectivity index (χ0) is 14.7. The van der Waals surface area contributed by atoms with Crippen molar-refractivity contribution in [1.29, 1.82) is 0 Å². The lowest BCUT2D eigenvalue weighted by atomic mass is 10.2. The molecule has 1 fully saturated rings. The molecule has 21 heavy (non-hydrogen) atoms. The molecule has 0 atom stereocenters. The fraction of sp³-hybridized carbons (Fsp3) is 0.167. The first kappa shape index (κ1) is 17.2. The first-order valence-electron chi connectivity index (χ1n) is 5.73. The molecule has 1 saturated heterocycles. The van der Waals surface area contributed by atoms with Crippen molar-refractivity contribution in [1.82, 2.24) is 4.90 Å². The molecule has 0 radical (unpaired) electrons. The number of nitrogens with zero attached hydrogens (tertiary/aromatic N) is 2. The molecule has 1 aromatic rings. The summed E-state index contributed by atoms with van der Waals surface area (Å²) in [5, 5.41) is 10.2. The number of amides is 2. The number of halogens is 1. The van der Waals surface area contributed by atoms with Crippen molar-refractivity contribution < 1.29 is 14.5 Å². The fourth-order valence-corrected chi connectivity index (χ4v) is 2.53. The predicted molar refractivity (Wildman–Crippen MR) is 82.1 cm³/mol. The molecule has 0 aromatic heterocycles. The van der Waals surface area contributed by atoms with Crippen LogP contribution in [0.2, 0.25) is 0 Å². The first-order chi connectivity index (χ1) is 9.52. The van der Waals surface area contributed by atoms with Crippen molar-refractivity contribution >= 4 is 47.1 Å². The first-order valence-corrected chi connectivity index (χ1v) is 6.54. The summed E-state index contributed by atoms with van der Waals surface area (Å²) >= 11 is 0.836. The predicted octanol–water partition coefficient (Wildman–Crippen LogP) is 2.01. The van der Waals surface area contributed by atoms with Gasteiger partial charge in [0.25, 0.3) is 16.8 Å². The van der Waals surface area contributed by atoms with Crippen LogP contribution in [0.1, 0.15) is 5.56 Å². The summed E-state index contributed by atoms with van der Waals surface area (Å²) in [6.45, 7) is 0.394. The number of hydrogen-bond acceptors (Lipinski definition) is 6. The molecule has 1 heterocycles. The summed E-state index contributed by atoms with van der Waals surface area (Å²) in [4.78, 5) is 34.9. The van der Waals surface area contributed by atoms with Crippen LogP contribution >= 0.6 is 24.2 Å². The SMILES string of the molecule is Cl.NCCN1C(=O)S/C(=C\c2ccc([N+](=O)[O-])cc2)C1=O. The van der Waals surface area contributed by atoms with Crippen LogP contribution in [0, 0.1) is 10.1 Å². The number of nitro groups is 1. The highest BCUT2D eigenvalue weighted by Gasteiger charge is 2.34. The van der Waals surface area contributed by atoms with E-state index in [9.17, 15) is 19.7 Å². The van der Waals surface area contributed by atoms with Gasteiger partial charge in [-0.25, -0.2) is 0 Å². The van der Waals surface area contributed by atoms with Crippen LogP contribution in [0.5, 0.6) is 0 Å². The molecule has 2 rings (SSSR count). The van der Waals surface area contributed by atoms with Gasteiger partial charge in [0.15, 0.2) is 0 Å². The van der Waals surface area contributed by atoms with E-state index in [-0.39, 0.29) is 47.2 Å². The standard InChI is InChI=1S/C12H11N3O4S.ClH/c13-5-6-14-11(16)10(20-12(14)17)7-8-1-3-9(4-2-8)15(18)19;/h1-4,7H,5-6,13H2;1H/b10-7-;. The van der Waals surface area contributed by atoms with E-state index in [1.54, 1.807) is 0 Å². The number of hydrogen-bond donors (Lipinski definition) is 1. The van der Waals surface area contributed by atoms with Crippen LogP contribution in [0.3, 0.4) is 0 Å². The average molecular weight is 330 g/mol. The van der Waals surface area contributed by atoms with Crippen LogP contribution in [0.15, 0.2) is 29.2 Å². The molecule has 1 aromatic carbocycles. The van der Waals surface area contributed by atoms with Gasteiger partial charge in [0.2, 0.25) is 0 Å². The van der Waals surface area contributed by atoms with Crippen LogP contribution in [0.25, 0.3) is 6.08 Å². The Bertz CT molecular complexity index is 603. The topological polar surface area (TPSA) is 107 Å². The number of carbonyl (C=O) groups is 2. The molecule has 0 bridgehead atoms. The Morgan fingerprint density at radius 2 is 1.90 bits per heavy atom. The average Bonchev–Trinajstić information content (AvgIpc) is 2.67. The van der Waals surface area contributed by atoms with E-state index in [1.165, 1.54) is 30.3 Å². The fourth-order valence-electron chi connectivity index (χ4n) is 1.67. The maximum absolute atomic E-state index is 11.9. The zero-order valence-electron chi connectivity index (χ0n) is 10.7. The van der Waals surface area contributed by atoms with Crippen molar-refractivity contribution in [3.63, 3.8) is 0 Å². The second kappa shape index (κ2) is 7.21. The minimum Gasteiger partial charge on any atom is -0.329 e. The van der Waals surface area contributed by atoms with Gasteiger partial charge in [0, 0.05) is 25.2 Å². The van der Waals surface area contributed by atoms with Crippen molar-refractivity contribution in [3.05, 3.63) is 44.8 Å². The van der Waals surface area contributed by atoms with Gasteiger partial charge in [0.05, 0.1) is 9.83 Å². The smallest absolute Gasteiger partial charge is 0.293 e. The maximum atomic E-state index is 11.9. The highest BCUT2D eigenvalue weighted by Crippen LogP contribution is 2.32. The summed E-state index contributed by atoms with van der Waals surface area (Å²) < 4.78 is 0. The van der Waals surface area contributed by atoms with Crippen molar-refractivity contribution in [2.24, 2.45) is 5.73 Å². The molecule has 1 aliphatic rings. The third kappa shape index (κ3) is 3.81. The number of nitrogens with two attached hydrogens (primary N) is 1. The van der Waals surface area contributed by atoms with Crippen molar-refractivity contribution in [2.75, 3.05) is 13.1 Å². The monoisotopic (exact) mass is 329 g/mol. The van der Waals surface area contributed by atoms with Gasteiger partial charge in [-0.15, -0.1) is 12.4 Å². The Labute approximate surface area is 130 Å². The van der Waals surface area contributed by atoms with E-state index < -0.39 is 4.92 Å². The number of non-ortho nitro benzene ring substituents is 1. The molecule has 0 aliphatic carbocycles. The molecule has 0 saturated carbocycles. The molecule has 1 aliphatic heterocycles. The molecule has 112 valence electrons. The normalized spacial score (nSPS) is 16.2. The van der Waals surface area contributed by atoms with Crippen LogP contribution < -0.4 is 5.73 Å². The molecular formula is C12H12ClN3O4S. The number of rotatable bonds is 4. The van der Waals surface area contributed by atoms with Gasteiger partial charge in [0.1, 0.15) is 0 Å². The van der Waals surface area contributed by atoms with E-state index in [2.05, 4.69) is 0 Å². The van der Waals surface area contributed by atoms with Crippen LogP contribution in [0.4, 0.5) is 10.5 Å². The van der Waals surface area contributed by atoms with Crippen molar-refractivity contribution in [2.45, 2.75) is 0 Å². The van der Waals surface area contributed by atoms with Gasteiger partial charge in [-0.1, -0.05) is 0 Å². The second-order valence-electron chi connectivity index (χ2n) is 3.97. The van der Waals surface area contributed by atoms with E-state index in [0.717, 1.165) is 16.7 Å². The van der Waals surface area contributed by atoms with E-state index >= 15 is 0 Å². The van der Waals surface area contributed by atoms with Crippen molar-refractivity contribution in [3.8, 4) is 0 Å². The van der Waals surface area contributed by atoms with E-state index in [4.69, 9.17) is 5.73 Å². The largest absolute Gasteiger partial charge is 0.329 e. The van der Waals surface area contributed by atoms with Crippen LogP contribution in [-0.4, -0.2) is 34.1 Å². The summed E-state index contributed by atoms with van der Waals surface area (Å²) in [7, 11) is 0. The van der Waals surface area contributed by atoms with E-state index in [1.807, 2.05) is 0 Å². The quantitative estimate of drug-likeness (QED) is 0.514. The third-order valence-corrected chi connectivity index (χ3v) is 3.54. The molecule has 2 N–H and O–H groups in total. The highest BCUT2D eigenvalue weighted by atomic mass is 35.5. The Morgan fingerprint density at radius 3 is 2.43 bits per heavy atom. The number of thioether (sulfide) groups is 1. The molecule has 7 nitrogen and oxygen atoms in total. The van der Waals surface area contributed by atoms with E-state index in [0.29, 0.717) is 5.56 Å². The third-order valence-electron chi connectivity index (χ3n) is 2.63. The number of nitro benzene ring substituents is 1. The van der Waals surface area contributed by atoms with Gasteiger partial charge in [-0.05, 0) is 35.5 Å². The second-order valence-corrected chi connectivity index (χ2v) is 4.96. The highest BCUT2D eigenvalue weighted by molar-refractivity contribution is 8.18. The maximum Gasteiger partial charge on any atom is 0.293 e. The molecular weight excluding hydrogens is 318 g/mol. The van der Waals surface area contributed by atoms with Gasteiger partial charge in [-0.2, -0.15) is 0 Å². The Morgan fingerprint density at radius 1 is 1.29 bits per heavy atom. The Hall–Kier alpha value is -1.90. The lowest BCUT2D eigenvalue weighted by Crippen LogP contribution is -2.33. The minimum atomic E-state index is -0.501. The number of carbonyl (C=O) groups excluding carboxylic acids is 2. The molecule has 9 heteroatoms.